The van der Waals surface area contributed by atoms with E-state index in [2.05, 4.69) is 5.32 Å². The number of fused-ring (bicyclic) bond motifs is 1. The van der Waals surface area contributed by atoms with Crippen LogP contribution >= 0.6 is 11.3 Å². The van der Waals surface area contributed by atoms with Crippen molar-refractivity contribution < 1.29 is 19.1 Å². The van der Waals surface area contributed by atoms with Crippen LogP contribution in [0.1, 0.15) is 27.6 Å². The first-order valence-electron chi connectivity index (χ1n) is 11.7. The van der Waals surface area contributed by atoms with Crippen LogP contribution < -0.4 is 19.7 Å². The minimum atomic E-state index is -0.872. The summed E-state index contributed by atoms with van der Waals surface area (Å²) in [6.45, 7) is 2.44. The molecule has 2 amide bonds. The highest BCUT2D eigenvalue weighted by Gasteiger charge is 2.34. The maximum absolute atomic E-state index is 13.9. The molecule has 5 rings (SSSR count). The van der Waals surface area contributed by atoms with E-state index in [9.17, 15) is 9.59 Å². The Hall–Kier alpha value is -4.10. The summed E-state index contributed by atoms with van der Waals surface area (Å²) in [4.78, 5) is 30.3. The molecule has 0 radical (unpaired) electrons. The van der Waals surface area contributed by atoms with E-state index in [1.807, 2.05) is 79.0 Å². The molecule has 36 heavy (non-hydrogen) atoms. The van der Waals surface area contributed by atoms with Gasteiger partial charge in [0.15, 0.2) is 11.5 Å². The van der Waals surface area contributed by atoms with Crippen molar-refractivity contribution in [3.8, 4) is 11.5 Å². The maximum atomic E-state index is 13.9. The Kier molecular flexibility index (Phi) is 7.00. The summed E-state index contributed by atoms with van der Waals surface area (Å²) >= 11 is 1.52. The minimum Gasteiger partial charge on any atom is -0.454 e. The van der Waals surface area contributed by atoms with Gasteiger partial charge >= 0.3 is 0 Å². The molecular weight excluding hydrogens is 472 g/mol. The molecule has 0 fully saturated rings. The zero-order valence-electron chi connectivity index (χ0n) is 19.8. The van der Waals surface area contributed by atoms with E-state index in [1.54, 1.807) is 23.1 Å². The van der Waals surface area contributed by atoms with Crippen LogP contribution in [0, 0.1) is 6.92 Å². The van der Waals surface area contributed by atoms with Gasteiger partial charge in [-0.1, -0.05) is 60.7 Å². The van der Waals surface area contributed by atoms with Gasteiger partial charge in [-0.25, -0.2) is 0 Å². The zero-order valence-corrected chi connectivity index (χ0v) is 20.7. The van der Waals surface area contributed by atoms with Crippen molar-refractivity contribution in [3.63, 3.8) is 0 Å². The second-order valence-corrected chi connectivity index (χ2v) is 9.55. The van der Waals surface area contributed by atoms with E-state index < -0.39 is 6.04 Å². The van der Waals surface area contributed by atoms with Gasteiger partial charge in [0.25, 0.3) is 0 Å². The number of rotatable bonds is 8. The smallest absolute Gasteiger partial charge is 0.248 e. The van der Waals surface area contributed by atoms with E-state index in [-0.39, 0.29) is 25.0 Å². The Bertz CT molecular complexity index is 1350. The van der Waals surface area contributed by atoms with Gasteiger partial charge in [-0.05, 0) is 47.2 Å². The fourth-order valence-electron chi connectivity index (χ4n) is 4.29. The van der Waals surface area contributed by atoms with E-state index >= 15 is 0 Å². The Labute approximate surface area is 214 Å². The highest BCUT2D eigenvalue weighted by molar-refractivity contribution is 7.10. The number of anilines is 1. The molecule has 7 heteroatoms. The molecular formula is C29H26N2O4S. The van der Waals surface area contributed by atoms with Gasteiger partial charge in [0.2, 0.25) is 18.6 Å². The Balaban J connectivity index is 1.56. The molecule has 0 aliphatic carbocycles. The quantitative estimate of drug-likeness (QED) is 0.352. The molecule has 1 unspecified atom stereocenters. The number of carbonyl (C=O) groups excluding carboxylic acids is 2. The van der Waals surface area contributed by atoms with E-state index in [0.29, 0.717) is 23.7 Å². The molecule has 2 heterocycles. The van der Waals surface area contributed by atoms with Crippen LogP contribution in [0.15, 0.2) is 90.3 Å². The molecule has 6 nitrogen and oxygen atoms in total. The molecule has 1 atom stereocenters. The van der Waals surface area contributed by atoms with Crippen LogP contribution in [0.3, 0.4) is 0 Å². The summed E-state index contributed by atoms with van der Waals surface area (Å²) in [6, 6.07) is 25.7. The molecule has 1 aliphatic rings. The molecule has 0 saturated heterocycles. The summed E-state index contributed by atoms with van der Waals surface area (Å²) in [5.41, 5.74) is 3.24. The van der Waals surface area contributed by atoms with Gasteiger partial charge < -0.3 is 14.8 Å². The summed E-state index contributed by atoms with van der Waals surface area (Å²) in [5, 5.41) is 5.00. The number of ether oxygens (including phenoxy) is 2. The number of benzene rings is 3. The SMILES string of the molecule is Cc1ccccc1C(C(=O)NCc1ccccc1)N(C(=O)Cc1cccs1)c1ccc2c(c1)OCO2. The standard InChI is InChI=1S/C29H26N2O4S/c1-20-8-5-6-12-24(20)28(29(33)30-18-21-9-3-2-4-10-21)31(27(32)17-23-11-7-15-36-23)22-13-14-25-26(16-22)35-19-34-25/h2-16,28H,17-19H2,1H3,(H,30,33). The monoisotopic (exact) mass is 498 g/mol. The highest BCUT2D eigenvalue weighted by atomic mass is 32.1. The largest absolute Gasteiger partial charge is 0.454 e. The first-order chi connectivity index (χ1) is 17.6. The maximum Gasteiger partial charge on any atom is 0.248 e. The lowest BCUT2D eigenvalue weighted by Crippen LogP contribution is -2.44. The Morgan fingerprint density at radius 1 is 0.944 bits per heavy atom. The molecule has 182 valence electrons. The fraction of sp³-hybridized carbons (Fsp3) is 0.172. The average Bonchev–Trinajstić information content (AvgIpc) is 3.58. The topological polar surface area (TPSA) is 67.9 Å². The summed E-state index contributed by atoms with van der Waals surface area (Å²) in [7, 11) is 0. The van der Waals surface area contributed by atoms with Crippen molar-refractivity contribution in [2.24, 2.45) is 0 Å². The lowest BCUT2D eigenvalue weighted by molar-refractivity contribution is -0.126. The second kappa shape index (κ2) is 10.7. The van der Waals surface area contributed by atoms with Crippen LogP contribution in [-0.2, 0) is 22.6 Å². The number of amides is 2. The molecule has 0 spiro atoms. The van der Waals surface area contributed by atoms with Gasteiger partial charge in [0.05, 0.1) is 6.42 Å². The van der Waals surface area contributed by atoms with Crippen LogP contribution in [0.4, 0.5) is 5.69 Å². The van der Waals surface area contributed by atoms with Gasteiger partial charge in [0, 0.05) is 23.2 Å². The van der Waals surface area contributed by atoms with Crippen molar-refractivity contribution in [3.05, 3.63) is 112 Å². The van der Waals surface area contributed by atoms with Crippen LogP contribution in [0.5, 0.6) is 11.5 Å². The number of aryl methyl sites for hydroxylation is 1. The molecule has 1 aromatic heterocycles. The number of nitrogens with one attached hydrogen (secondary N) is 1. The van der Waals surface area contributed by atoms with Gasteiger partial charge in [0.1, 0.15) is 6.04 Å². The summed E-state index contributed by atoms with van der Waals surface area (Å²) < 4.78 is 11.1. The molecule has 1 N–H and O–H groups in total. The van der Waals surface area contributed by atoms with Gasteiger partial charge in [-0.15, -0.1) is 11.3 Å². The third kappa shape index (κ3) is 5.11. The van der Waals surface area contributed by atoms with Gasteiger partial charge in [-0.3, -0.25) is 14.5 Å². The molecule has 0 bridgehead atoms. The Morgan fingerprint density at radius 3 is 2.50 bits per heavy atom. The number of hydrogen-bond donors (Lipinski definition) is 1. The minimum absolute atomic E-state index is 0.126. The van der Waals surface area contributed by atoms with E-state index in [4.69, 9.17) is 9.47 Å². The lowest BCUT2D eigenvalue weighted by atomic mass is 9.97. The van der Waals surface area contributed by atoms with E-state index in [0.717, 1.165) is 21.6 Å². The molecule has 3 aromatic carbocycles. The summed E-state index contributed by atoms with van der Waals surface area (Å²) in [5.74, 6) is 0.727. The fourth-order valence-corrected chi connectivity index (χ4v) is 4.99. The van der Waals surface area contributed by atoms with Gasteiger partial charge in [-0.2, -0.15) is 0 Å². The van der Waals surface area contributed by atoms with Crippen LogP contribution in [-0.4, -0.2) is 18.6 Å². The number of thiophene rings is 1. The second-order valence-electron chi connectivity index (χ2n) is 8.52. The lowest BCUT2D eigenvalue weighted by Gasteiger charge is -2.32. The molecule has 0 saturated carbocycles. The van der Waals surface area contributed by atoms with Crippen LogP contribution in [0.25, 0.3) is 0 Å². The highest BCUT2D eigenvalue weighted by Crippen LogP contribution is 2.39. The first-order valence-corrected chi connectivity index (χ1v) is 12.6. The number of carbonyl (C=O) groups is 2. The summed E-state index contributed by atoms with van der Waals surface area (Å²) in [6.07, 6.45) is 0.181. The van der Waals surface area contributed by atoms with Crippen molar-refractivity contribution in [2.75, 3.05) is 11.7 Å². The average molecular weight is 499 g/mol. The van der Waals surface area contributed by atoms with Crippen molar-refractivity contribution >= 4 is 28.8 Å². The number of nitrogens with zero attached hydrogens (tertiary/aromatic N) is 1. The normalized spacial score (nSPS) is 12.7. The number of hydrogen-bond acceptors (Lipinski definition) is 5. The third-order valence-corrected chi connectivity index (χ3v) is 6.98. The molecule has 1 aliphatic heterocycles. The van der Waals surface area contributed by atoms with Crippen molar-refractivity contribution in [1.29, 1.82) is 0 Å². The third-order valence-electron chi connectivity index (χ3n) is 6.11. The predicted molar refractivity (Wildman–Crippen MR) is 140 cm³/mol. The van der Waals surface area contributed by atoms with Crippen molar-refractivity contribution in [2.45, 2.75) is 25.9 Å². The van der Waals surface area contributed by atoms with E-state index in [1.165, 1.54) is 11.3 Å². The molecule has 4 aromatic rings. The van der Waals surface area contributed by atoms with Crippen molar-refractivity contribution in [1.82, 2.24) is 5.32 Å². The first kappa shape index (κ1) is 23.6. The predicted octanol–water partition coefficient (Wildman–Crippen LogP) is 5.42. The van der Waals surface area contributed by atoms with Crippen LogP contribution in [0.2, 0.25) is 0 Å². The Morgan fingerprint density at radius 2 is 1.72 bits per heavy atom. The zero-order chi connectivity index (χ0) is 24.9.